The summed E-state index contributed by atoms with van der Waals surface area (Å²) in [7, 11) is 3.56. The minimum Gasteiger partial charge on any atom is -0.373 e. The molecule has 0 aliphatic rings. The number of rotatable bonds is 3. The number of nitrogens with zero attached hydrogens (tertiary/aromatic N) is 3. The Morgan fingerprint density at radius 3 is 2.88 bits per heavy atom. The molecule has 0 unspecified atom stereocenters. The SMILES string of the molecule is CNc1ncccc1Cn1ccn(C)c1=O. The smallest absolute Gasteiger partial charge is 0.328 e. The maximum Gasteiger partial charge on any atom is 0.328 e. The summed E-state index contributed by atoms with van der Waals surface area (Å²) < 4.78 is 3.20. The second kappa shape index (κ2) is 4.22. The zero-order chi connectivity index (χ0) is 11.5. The highest BCUT2D eigenvalue weighted by Gasteiger charge is 2.05. The van der Waals surface area contributed by atoms with E-state index in [0.29, 0.717) is 6.54 Å². The van der Waals surface area contributed by atoms with Crippen LogP contribution in [-0.2, 0) is 13.6 Å². The molecule has 0 saturated heterocycles. The zero-order valence-corrected chi connectivity index (χ0v) is 9.34. The van der Waals surface area contributed by atoms with E-state index in [-0.39, 0.29) is 5.69 Å². The molecule has 2 heterocycles. The minimum atomic E-state index is -0.0223. The van der Waals surface area contributed by atoms with Gasteiger partial charge in [0.1, 0.15) is 5.82 Å². The molecule has 16 heavy (non-hydrogen) atoms. The largest absolute Gasteiger partial charge is 0.373 e. The van der Waals surface area contributed by atoms with Crippen LogP contribution in [0.1, 0.15) is 5.56 Å². The van der Waals surface area contributed by atoms with Gasteiger partial charge in [0.05, 0.1) is 6.54 Å². The van der Waals surface area contributed by atoms with Gasteiger partial charge in [-0.05, 0) is 6.07 Å². The van der Waals surface area contributed by atoms with Gasteiger partial charge in [0.15, 0.2) is 0 Å². The van der Waals surface area contributed by atoms with E-state index in [2.05, 4.69) is 10.3 Å². The van der Waals surface area contributed by atoms with Crippen LogP contribution < -0.4 is 11.0 Å². The van der Waals surface area contributed by atoms with E-state index < -0.39 is 0 Å². The van der Waals surface area contributed by atoms with Gasteiger partial charge in [-0.25, -0.2) is 9.78 Å². The third-order valence-corrected chi connectivity index (χ3v) is 2.49. The van der Waals surface area contributed by atoms with E-state index in [1.807, 2.05) is 19.2 Å². The highest BCUT2D eigenvalue weighted by Crippen LogP contribution is 2.11. The van der Waals surface area contributed by atoms with Gasteiger partial charge in [-0.2, -0.15) is 0 Å². The van der Waals surface area contributed by atoms with E-state index in [9.17, 15) is 4.79 Å². The predicted molar refractivity (Wildman–Crippen MR) is 62.6 cm³/mol. The molecule has 0 bridgehead atoms. The average molecular weight is 218 g/mol. The summed E-state index contributed by atoms with van der Waals surface area (Å²) in [5.74, 6) is 0.804. The van der Waals surface area contributed by atoms with Crippen molar-refractivity contribution in [2.24, 2.45) is 7.05 Å². The first-order chi connectivity index (χ1) is 7.72. The molecule has 1 N–H and O–H groups in total. The maximum atomic E-state index is 11.7. The lowest BCUT2D eigenvalue weighted by atomic mass is 10.2. The second-order valence-electron chi connectivity index (χ2n) is 3.58. The fourth-order valence-electron chi connectivity index (χ4n) is 1.61. The Labute approximate surface area is 93.4 Å². The zero-order valence-electron chi connectivity index (χ0n) is 9.34. The van der Waals surface area contributed by atoms with Crippen LogP contribution in [0.25, 0.3) is 0 Å². The number of hydrogen-bond acceptors (Lipinski definition) is 3. The van der Waals surface area contributed by atoms with Crippen molar-refractivity contribution in [2.75, 3.05) is 12.4 Å². The molecular weight excluding hydrogens is 204 g/mol. The van der Waals surface area contributed by atoms with Gasteiger partial charge < -0.3 is 9.88 Å². The minimum absolute atomic E-state index is 0.0223. The van der Waals surface area contributed by atoms with Crippen LogP contribution in [0.4, 0.5) is 5.82 Å². The summed E-state index contributed by atoms with van der Waals surface area (Å²) in [6.45, 7) is 0.531. The number of imidazole rings is 1. The Bertz CT molecular complexity index is 541. The van der Waals surface area contributed by atoms with Crippen molar-refractivity contribution < 1.29 is 0 Å². The van der Waals surface area contributed by atoms with Crippen LogP contribution in [0.3, 0.4) is 0 Å². The molecule has 84 valence electrons. The van der Waals surface area contributed by atoms with Gasteiger partial charge in [-0.15, -0.1) is 0 Å². The highest BCUT2D eigenvalue weighted by molar-refractivity contribution is 5.42. The summed E-state index contributed by atoms with van der Waals surface area (Å²) in [4.78, 5) is 15.9. The first-order valence-electron chi connectivity index (χ1n) is 5.06. The van der Waals surface area contributed by atoms with Crippen LogP contribution >= 0.6 is 0 Å². The third kappa shape index (κ3) is 1.84. The van der Waals surface area contributed by atoms with Crippen molar-refractivity contribution in [1.82, 2.24) is 14.1 Å². The summed E-state index contributed by atoms with van der Waals surface area (Å²) in [6.07, 6.45) is 5.25. The molecule has 2 aromatic heterocycles. The summed E-state index contributed by atoms with van der Waals surface area (Å²) in [5.41, 5.74) is 0.976. The average Bonchev–Trinajstić information content (AvgIpc) is 2.62. The molecule has 0 radical (unpaired) electrons. The van der Waals surface area contributed by atoms with Crippen LogP contribution in [0.2, 0.25) is 0 Å². The molecule has 0 aliphatic carbocycles. The Hall–Kier alpha value is -2.04. The molecule has 5 nitrogen and oxygen atoms in total. The lowest BCUT2D eigenvalue weighted by Crippen LogP contribution is -2.22. The topological polar surface area (TPSA) is 51.9 Å². The number of pyridine rings is 1. The quantitative estimate of drug-likeness (QED) is 0.824. The fraction of sp³-hybridized carbons (Fsp3) is 0.273. The van der Waals surface area contributed by atoms with E-state index in [1.165, 1.54) is 0 Å². The fourth-order valence-corrected chi connectivity index (χ4v) is 1.61. The summed E-state index contributed by atoms with van der Waals surface area (Å²) >= 11 is 0. The number of nitrogens with one attached hydrogen (secondary N) is 1. The Morgan fingerprint density at radius 2 is 2.25 bits per heavy atom. The maximum absolute atomic E-state index is 11.7. The number of anilines is 1. The second-order valence-corrected chi connectivity index (χ2v) is 3.58. The van der Waals surface area contributed by atoms with Crippen molar-refractivity contribution in [3.05, 3.63) is 46.8 Å². The molecule has 0 aromatic carbocycles. The number of hydrogen-bond donors (Lipinski definition) is 1. The van der Waals surface area contributed by atoms with E-state index in [4.69, 9.17) is 0 Å². The number of aryl methyl sites for hydroxylation is 1. The molecule has 0 amide bonds. The molecule has 0 saturated carbocycles. The van der Waals surface area contributed by atoms with Gasteiger partial charge in [0, 0.05) is 38.2 Å². The highest BCUT2D eigenvalue weighted by atomic mass is 16.1. The molecule has 0 spiro atoms. The predicted octanol–water partition coefficient (Wildman–Crippen LogP) is 0.672. The lowest BCUT2D eigenvalue weighted by Gasteiger charge is -2.07. The van der Waals surface area contributed by atoms with Crippen LogP contribution in [0, 0.1) is 0 Å². The summed E-state index contributed by atoms with van der Waals surface area (Å²) in [5, 5.41) is 3.01. The van der Waals surface area contributed by atoms with Crippen LogP contribution in [-0.4, -0.2) is 21.2 Å². The monoisotopic (exact) mass is 218 g/mol. The Balaban J connectivity index is 2.34. The summed E-state index contributed by atoms with van der Waals surface area (Å²) in [6, 6.07) is 3.82. The van der Waals surface area contributed by atoms with Crippen molar-refractivity contribution in [3.8, 4) is 0 Å². The third-order valence-electron chi connectivity index (χ3n) is 2.49. The van der Waals surface area contributed by atoms with Gasteiger partial charge in [-0.3, -0.25) is 4.57 Å². The molecule has 2 rings (SSSR count). The van der Waals surface area contributed by atoms with Crippen LogP contribution in [0.15, 0.2) is 35.5 Å². The standard InChI is InChI=1S/C11H14N4O/c1-12-10-9(4-3-5-13-10)8-15-7-6-14(2)11(15)16/h3-7H,8H2,1-2H3,(H,12,13). The van der Waals surface area contributed by atoms with Crippen molar-refractivity contribution in [1.29, 1.82) is 0 Å². The van der Waals surface area contributed by atoms with E-state index >= 15 is 0 Å². The van der Waals surface area contributed by atoms with Gasteiger partial charge >= 0.3 is 5.69 Å². The van der Waals surface area contributed by atoms with E-state index in [1.54, 1.807) is 34.8 Å². The first-order valence-corrected chi connectivity index (χ1v) is 5.06. The van der Waals surface area contributed by atoms with Gasteiger partial charge in [0.25, 0.3) is 0 Å². The molecule has 0 fully saturated rings. The van der Waals surface area contributed by atoms with Gasteiger partial charge in [-0.1, -0.05) is 6.07 Å². The molecule has 0 atom stereocenters. The first kappa shape index (κ1) is 10.5. The Morgan fingerprint density at radius 1 is 1.44 bits per heavy atom. The van der Waals surface area contributed by atoms with Crippen molar-refractivity contribution in [2.45, 2.75) is 6.54 Å². The van der Waals surface area contributed by atoms with Crippen molar-refractivity contribution in [3.63, 3.8) is 0 Å². The van der Waals surface area contributed by atoms with Crippen LogP contribution in [0.5, 0.6) is 0 Å². The Kier molecular flexibility index (Phi) is 2.76. The molecular formula is C11H14N4O. The normalized spacial score (nSPS) is 10.4. The lowest BCUT2D eigenvalue weighted by molar-refractivity contribution is 0.717. The molecule has 5 heteroatoms. The number of aromatic nitrogens is 3. The van der Waals surface area contributed by atoms with Crippen molar-refractivity contribution >= 4 is 5.82 Å². The van der Waals surface area contributed by atoms with Gasteiger partial charge in [0.2, 0.25) is 0 Å². The molecule has 2 aromatic rings. The molecule has 0 aliphatic heterocycles. The van der Waals surface area contributed by atoms with E-state index in [0.717, 1.165) is 11.4 Å².